The van der Waals surface area contributed by atoms with Crippen molar-refractivity contribution < 1.29 is 9.32 Å². The van der Waals surface area contributed by atoms with Crippen LogP contribution in [0.15, 0.2) is 28.8 Å². The molecule has 1 aliphatic heterocycles. The molecule has 2 aliphatic rings. The minimum atomic E-state index is -0.0322. The summed E-state index contributed by atoms with van der Waals surface area (Å²) < 4.78 is 5.41. The molecule has 2 aromatic rings. The molecule has 7 nitrogen and oxygen atoms in total. The maximum atomic E-state index is 12.5. The molecule has 2 heterocycles. The molecule has 1 atom stereocenters. The highest BCUT2D eigenvalue weighted by Crippen LogP contribution is 2.40. The largest absolute Gasteiger partial charge is 0.351 e. The van der Waals surface area contributed by atoms with Gasteiger partial charge in [0.05, 0.1) is 24.2 Å². The van der Waals surface area contributed by atoms with Gasteiger partial charge in [0.2, 0.25) is 11.8 Å². The average molecular weight is 365 g/mol. The molecule has 1 N–H and O–H groups in total. The molecule has 27 heavy (non-hydrogen) atoms. The molecule has 0 radical (unpaired) electrons. The predicted octanol–water partition coefficient (Wildman–Crippen LogP) is 2.66. The Balaban J connectivity index is 1.35. The number of carbonyl (C=O) groups is 1. The molecule has 7 heteroatoms. The third kappa shape index (κ3) is 4.34. The number of nitrogens with zero attached hydrogens (tertiary/aromatic N) is 4. The van der Waals surface area contributed by atoms with E-state index in [2.05, 4.69) is 26.4 Å². The Bertz CT molecular complexity index is 852. The van der Waals surface area contributed by atoms with E-state index in [0.717, 1.165) is 50.1 Å². The van der Waals surface area contributed by atoms with E-state index in [9.17, 15) is 4.79 Å². The summed E-state index contributed by atoms with van der Waals surface area (Å²) in [7, 11) is 0. The van der Waals surface area contributed by atoms with Crippen LogP contribution < -0.4 is 5.32 Å². The van der Waals surface area contributed by atoms with Crippen molar-refractivity contribution in [3.63, 3.8) is 0 Å². The number of rotatable bonds is 6. The second-order valence-electron chi connectivity index (χ2n) is 7.34. The third-order valence-corrected chi connectivity index (χ3v) is 5.19. The number of hydrogen-bond acceptors (Lipinski definition) is 6. The number of carbonyl (C=O) groups excluding carboxylic acids is 1. The van der Waals surface area contributed by atoms with Gasteiger partial charge in [0.1, 0.15) is 0 Å². The van der Waals surface area contributed by atoms with Gasteiger partial charge in [0.15, 0.2) is 5.82 Å². The van der Waals surface area contributed by atoms with Crippen LogP contribution in [0.2, 0.25) is 0 Å². The summed E-state index contributed by atoms with van der Waals surface area (Å²) in [6, 6.07) is 9.44. The van der Waals surface area contributed by atoms with Gasteiger partial charge in [-0.15, -0.1) is 0 Å². The van der Waals surface area contributed by atoms with Crippen molar-refractivity contribution in [3.8, 4) is 6.07 Å². The molecule has 1 amide bonds. The van der Waals surface area contributed by atoms with Crippen LogP contribution in [0.3, 0.4) is 0 Å². The highest BCUT2D eigenvalue weighted by atomic mass is 16.5. The maximum absolute atomic E-state index is 12.5. The first-order chi connectivity index (χ1) is 13.2. The normalized spacial score (nSPS) is 20.2. The van der Waals surface area contributed by atoms with Crippen LogP contribution in [-0.4, -0.2) is 34.0 Å². The average Bonchev–Trinajstić information content (AvgIpc) is 3.44. The van der Waals surface area contributed by atoms with Crippen LogP contribution >= 0.6 is 0 Å². The first kappa shape index (κ1) is 17.7. The minimum absolute atomic E-state index is 0.0322. The summed E-state index contributed by atoms with van der Waals surface area (Å²) in [4.78, 5) is 19.2. The zero-order valence-corrected chi connectivity index (χ0v) is 15.2. The van der Waals surface area contributed by atoms with Gasteiger partial charge < -0.3 is 9.84 Å². The number of hydrogen-bond donors (Lipinski definition) is 1. The second-order valence-corrected chi connectivity index (χ2v) is 7.34. The quantitative estimate of drug-likeness (QED) is 0.846. The van der Waals surface area contributed by atoms with E-state index in [-0.39, 0.29) is 11.9 Å². The van der Waals surface area contributed by atoms with E-state index < -0.39 is 0 Å². The third-order valence-electron chi connectivity index (χ3n) is 5.19. The molecule has 1 unspecified atom stereocenters. The molecule has 1 saturated heterocycles. The van der Waals surface area contributed by atoms with Crippen molar-refractivity contribution in [1.82, 2.24) is 20.4 Å². The van der Waals surface area contributed by atoms with Gasteiger partial charge in [-0.2, -0.15) is 10.2 Å². The van der Waals surface area contributed by atoms with Crippen molar-refractivity contribution in [2.45, 2.75) is 50.6 Å². The van der Waals surface area contributed by atoms with Crippen LogP contribution in [0.25, 0.3) is 0 Å². The Kier molecular flexibility index (Phi) is 5.16. The van der Waals surface area contributed by atoms with Crippen molar-refractivity contribution in [3.05, 3.63) is 47.1 Å². The zero-order valence-electron chi connectivity index (χ0n) is 15.2. The van der Waals surface area contributed by atoms with Gasteiger partial charge in [0.25, 0.3) is 0 Å². The van der Waals surface area contributed by atoms with Crippen LogP contribution in [0.1, 0.15) is 66.9 Å². The Morgan fingerprint density at radius 1 is 1.33 bits per heavy atom. The van der Waals surface area contributed by atoms with Gasteiger partial charge >= 0.3 is 0 Å². The number of benzene rings is 1. The predicted molar refractivity (Wildman–Crippen MR) is 97.4 cm³/mol. The highest BCUT2D eigenvalue weighted by Gasteiger charge is 2.33. The highest BCUT2D eigenvalue weighted by molar-refractivity contribution is 5.78. The fourth-order valence-corrected chi connectivity index (χ4v) is 3.54. The molecule has 1 aromatic carbocycles. The summed E-state index contributed by atoms with van der Waals surface area (Å²) in [5.74, 6) is 1.87. The standard InChI is InChI=1S/C20H23N5O2/c21-11-14-4-3-5-15(10-14)12-22-18(26)13-25-9-2-1-6-17(25)19-23-20(27-24-19)16-7-8-16/h3-5,10,16-17H,1-2,6-9,12-13H2,(H,22,26). The van der Waals surface area contributed by atoms with E-state index in [0.29, 0.717) is 30.4 Å². The Morgan fingerprint density at radius 3 is 3.04 bits per heavy atom. The lowest BCUT2D eigenvalue weighted by Gasteiger charge is -2.33. The lowest BCUT2D eigenvalue weighted by atomic mass is 10.0. The van der Waals surface area contributed by atoms with E-state index in [1.54, 1.807) is 12.1 Å². The lowest BCUT2D eigenvalue weighted by Crippen LogP contribution is -2.41. The Hall–Kier alpha value is -2.72. The van der Waals surface area contributed by atoms with E-state index in [1.165, 1.54) is 0 Å². The molecule has 140 valence electrons. The number of likely N-dealkylation sites (tertiary alicyclic amines) is 1. The molecule has 2 fully saturated rings. The minimum Gasteiger partial charge on any atom is -0.351 e. The monoisotopic (exact) mass is 365 g/mol. The second kappa shape index (κ2) is 7.89. The number of nitrogens with one attached hydrogen (secondary N) is 1. The summed E-state index contributed by atoms with van der Waals surface area (Å²) in [6.07, 6.45) is 5.39. The molecule has 0 bridgehead atoms. The smallest absolute Gasteiger partial charge is 0.234 e. The molecular formula is C20H23N5O2. The number of aromatic nitrogens is 2. The van der Waals surface area contributed by atoms with Crippen molar-refractivity contribution in [2.75, 3.05) is 13.1 Å². The maximum Gasteiger partial charge on any atom is 0.234 e. The van der Waals surface area contributed by atoms with Crippen LogP contribution in [-0.2, 0) is 11.3 Å². The van der Waals surface area contributed by atoms with Crippen molar-refractivity contribution >= 4 is 5.91 Å². The Labute approximate surface area is 158 Å². The molecule has 1 saturated carbocycles. The SMILES string of the molecule is N#Cc1cccc(CNC(=O)CN2CCCCC2c2noc(C3CC3)n2)c1. The zero-order chi connectivity index (χ0) is 18.6. The number of amides is 1. The van der Waals surface area contributed by atoms with Crippen molar-refractivity contribution in [1.29, 1.82) is 5.26 Å². The van der Waals surface area contributed by atoms with E-state index in [4.69, 9.17) is 9.78 Å². The van der Waals surface area contributed by atoms with Crippen LogP contribution in [0, 0.1) is 11.3 Å². The summed E-state index contributed by atoms with van der Waals surface area (Å²) in [5.41, 5.74) is 1.52. The number of nitriles is 1. The molecule has 1 aromatic heterocycles. The van der Waals surface area contributed by atoms with Gasteiger partial charge in [-0.05, 0) is 49.9 Å². The summed E-state index contributed by atoms with van der Waals surface area (Å²) in [6.45, 7) is 1.59. The summed E-state index contributed by atoms with van der Waals surface area (Å²) >= 11 is 0. The van der Waals surface area contributed by atoms with Crippen LogP contribution in [0.4, 0.5) is 0 Å². The van der Waals surface area contributed by atoms with Crippen molar-refractivity contribution in [2.24, 2.45) is 0 Å². The summed E-state index contributed by atoms with van der Waals surface area (Å²) in [5, 5.41) is 16.1. The first-order valence-electron chi connectivity index (χ1n) is 9.56. The fraction of sp³-hybridized carbons (Fsp3) is 0.500. The van der Waals surface area contributed by atoms with Gasteiger partial charge in [-0.25, -0.2) is 0 Å². The lowest BCUT2D eigenvalue weighted by molar-refractivity contribution is -0.123. The van der Waals surface area contributed by atoms with E-state index >= 15 is 0 Å². The molecular weight excluding hydrogens is 342 g/mol. The van der Waals surface area contributed by atoms with Gasteiger partial charge in [-0.1, -0.05) is 23.7 Å². The topological polar surface area (TPSA) is 95.1 Å². The number of piperidine rings is 1. The van der Waals surface area contributed by atoms with Crippen LogP contribution in [0.5, 0.6) is 0 Å². The molecule has 4 rings (SSSR count). The first-order valence-corrected chi connectivity index (χ1v) is 9.56. The van der Waals surface area contributed by atoms with E-state index in [1.807, 2.05) is 12.1 Å². The molecule has 1 aliphatic carbocycles. The Morgan fingerprint density at radius 2 is 2.22 bits per heavy atom. The van der Waals surface area contributed by atoms with Gasteiger partial charge in [0, 0.05) is 12.5 Å². The fourth-order valence-electron chi connectivity index (χ4n) is 3.54. The molecule has 0 spiro atoms. The van der Waals surface area contributed by atoms with Gasteiger partial charge in [-0.3, -0.25) is 9.69 Å².